The van der Waals surface area contributed by atoms with Crippen molar-refractivity contribution < 1.29 is 4.79 Å². The molecule has 0 amide bonds. The predicted molar refractivity (Wildman–Crippen MR) is 123 cm³/mol. The lowest BCUT2D eigenvalue weighted by Crippen LogP contribution is -2.04. The van der Waals surface area contributed by atoms with Crippen LogP contribution in [-0.4, -0.2) is 15.8 Å². The number of nitrogen functional groups attached to an aromatic ring is 1. The van der Waals surface area contributed by atoms with E-state index in [-0.39, 0.29) is 5.78 Å². The average Bonchev–Trinajstić information content (AvgIpc) is 3.16. The van der Waals surface area contributed by atoms with E-state index in [9.17, 15) is 4.79 Å². The van der Waals surface area contributed by atoms with Gasteiger partial charge in [0.15, 0.2) is 0 Å². The molecule has 144 valence electrons. The van der Waals surface area contributed by atoms with Crippen LogP contribution in [0.25, 0.3) is 32.6 Å². The van der Waals surface area contributed by atoms with Crippen molar-refractivity contribution in [3.63, 3.8) is 0 Å². The Labute approximate surface area is 177 Å². The van der Waals surface area contributed by atoms with E-state index in [0.29, 0.717) is 16.3 Å². The van der Waals surface area contributed by atoms with Gasteiger partial charge in [0.25, 0.3) is 0 Å². The summed E-state index contributed by atoms with van der Waals surface area (Å²) in [6.07, 6.45) is 1.61. The van der Waals surface area contributed by atoms with Gasteiger partial charge in [-0.25, -0.2) is 4.98 Å². The number of carbonyl (C=O) groups is 1. The van der Waals surface area contributed by atoms with Gasteiger partial charge in [0.1, 0.15) is 15.4 Å². The van der Waals surface area contributed by atoms with Gasteiger partial charge >= 0.3 is 0 Å². The number of anilines is 1. The molecular weight excluding hydrogens is 390 g/mol. The number of thiophene rings is 1. The Kier molecular flexibility index (Phi) is 4.58. The topological polar surface area (TPSA) is 68.9 Å². The molecule has 5 rings (SSSR count). The van der Waals surface area contributed by atoms with E-state index in [1.54, 1.807) is 24.4 Å². The zero-order valence-corrected chi connectivity index (χ0v) is 16.8. The number of benzene rings is 2. The van der Waals surface area contributed by atoms with Crippen molar-refractivity contribution in [3.05, 3.63) is 102 Å². The number of aromatic nitrogens is 2. The predicted octanol–water partition coefficient (Wildman–Crippen LogP) is 5.84. The van der Waals surface area contributed by atoms with Gasteiger partial charge in [0, 0.05) is 17.1 Å². The molecule has 30 heavy (non-hydrogen) atoms. The largest absolute Gasteiger partial charge is 0.397 e. The maximum atomic E-state index is 13.1. The van der Waals surface area contributed by atoms with Crippen LogP contribution in [0.2, 0.25) is 0 Å². The van der Waals surface area contributed by atoms with E-state index in [2.05, 4.69) is 4.98 Å². The van der Waals surface area contributed by atoms with Crippen molar-refractivity contribution in [1.29, 1.82) is 0 Å². The minimum Gasteiger partial charge on any atom is -0.397 e. The molecule has 4 nitrogen and oxygen atoms in total. The van der Waals surface area contributed by atoms with Crippen molar-refractivity contribution in [1.82, 2.24) is 9.97 Å². The van der Waals surface area contributed by atoms with Gasteiger partial charge < -0.3 is 5.73 Å². The van der Waals surface area contributed by atoms with Crippen LogP contribution < -0.4 is 5.73 Å². The van der Waals surface area contributed by atoms with Crippen LogP contribution in [0.5, 0.6) is 0 Å². The zero-order valence-electron chi connectivity index (χ0n) is 15.9. The second kappa shape index (κ2) is 7.54. The first-order valence-electron chi connectivity index (χ1n) is 9.52. The Hall–Kier alpha value is -3.83. The molecule has 0 spiro atoms. The number of hydrogen-bond acceptors (Lipinski definition) is 5. The first kappa shape index (κ1) is 18.2. The van der Waals surface area contributed by atoms with Crippen LogP contribution in [0.1, 0.15) is 15.4 Å². The zero-order chi connectivity index (χ0) is 20.5. The summed E-state index contributed by atoms with van der Waals surface area (Å²) in [6, 6.07) is 27.4. The highest BCUT2D eigenvalue weighted by atomic mass is 32.1. The number of hydrogen-bond donors (Lipinski definition) is 1. The summed E-state index contributed by atoms with van der Waals surface area (Å²) in [5, 5.41) is 0.810. The Morgan fingerprint density at radius 3 is 2.17 bits per heavy atom. The lowest BCUT2D eigenvalue weighted by atomic mass is 9.99. The molecule has 5 aromatic rings. The van der Waals surface area contributed by atoms with Gasteiger partial charge in [-0.05, 0) is 29.3 Å². The van der Waals surface area contributed by atoms with Crippen molar-refractivity contribution in [3.8, 4) is 22.4 Å². The third-order valence-corrected chi connectivity index (χ3v) is 6.06. The fourth-order valence-electron chi connectivity index (χ4n) is 3.51. The van der Waals surface area contributed by atoms with E-state index in [4.69, 9.17) is 10.7 Å². The third-order valence-electron chi connectivity index (χ3n) is 4.96. The van der Waals surface area contributed by atoms with Crippen LogP contribution in [-0.2, 0) is 0 Å². The Balaban J connectivity index is 1.77. The van der Waals surface area contributed by atoms with Gasteiger partial charge in [-0.2, -0.15) is 0 Å². The molecule has 0 aliphatic rings. The molecule has 3 aromatic heterocycles. The summed E-state index contributed by atoms with van der Waals surface area (Å²) < 4.78 is 0. The van der Waals surface area contributed by atoms with Gasteiger partial charge in [-0.1, -0.05) is 66.7 Å². The third kappa shape index (κ3) is 3.15. The molecule has 2 N–H and O–H groups in total. The van der Waals surface area contributed by atoms with Gasteiger partial charge in [-0.15, -0.1) is 11.3 Å². The quantitative estimate of drug-likeness (QED) is 0.380. The molecule has 0 bridgehead atoms. The first-order chi connectivity index (χ1) is 14.7. The maximum absolute atomic E-state index is 13.1. The highest BCUT2D eigenvalue weighted by Gasteiger charge is 2.23. The molecule has 0 aliphatic heterocycles. The van der Waals surface area contributed by atoms with E-state index in [0.717, 1.165) is 32.6 Å². The number of nitrogens with two attached hydrogens (primary N) is 1. The molecule has 5 heteroatoms. The number of carbonyl (C=O) groups excluding carboxylic acids is 1. The standard InChI is InChI=1S/C25H17N3OS/c26-22-21-18(16-9-3-1-4-10-16)15-20(17-11-5-2-6-12-17)28-25(21)30-24(22)23(29)19-13-7-8-14-27-19/h1-15H,26H2. The average molecular weight is 407 g/mol. The molecular formula is C25H17N3OS. The Morgan fingerprint density at radius 1 is 0.833 bits per heavy atom. The summed E-state index contributed by atoms with van der Waals surface area (Å²) in [4.78, 5) is 23.3. The van der Waals surface area contributed by atoms with Crippen LogP contribution in [0, 0.1) is 0 Å². The lowest BCUT2D eigenvalue weighted by molar-refractivity contribution is 0.103. The molecule has 3 heterocycles. The van der Waals surface area contributed by atoms with E-state index in [1.165, 1.54) is 11.3 Å². The van der Waals surface area contributed by atoms with Crippen LogP contribution in [0.15, 0.2) is 91.1 Å². The normalized spacial score (nSPS) is 10.9. The van der Waals surface area contributed by atoms with Crippen molar-refractivity contribution in [2.45, 2.75) is 0 Å². The molecule has 0 saturated heterocycles. The van der Waals surface area contributed by atoms with E-state index in [1.807, 2.05) is 66.7 Å². The van der Waals surface area contributed by atoms with Gasteiger partial charge in [0.05, 0.1) is 11.4 Å². The minimum atomic E-state index is -0.184. The highest BCUT2D eigenvalue weighted by Crippen LogP contribution is 2.41. The fourth-order valence-corrected chi connectivity index (χ4v) is 4.57. The van der Waals surface area contributed by atoms with Crippen molar-refractivity contribution in [2.75, 3.05) is 5.73 Å². The second-order valence-corrected chi connectivity index (χ2v) is 7.86. The maximum Gasteiger partial charge on any atom is 0.223 e. The van der Waals surface area contributed by atoms with E-state index < -0.39 is 0 Å². The number of fused-ring (bicyclic) bond motifs is 1. The molecule has 2 aromatic carbocycles. The molecule has 0 atom stereocenters. The monoisotopic (exact) mass is 407 g/mol. The second-order valence-electron chi connectivity index (χ2n) is 6.86. The summed E-state index contributed by atoms with van der Waals surface area (Å²) in [7, 11) is 0. The smallest absolute Gasteiger partial charge is 0.223 e. The number of rotatable bonds is 4. The Morgan fingerprint density at radius 2 is 1.50 bits per heavy atom. The summed E-state index contributed by atoms with van der Waals surface area (Å²) in [6.45, 7) is 0. The minimum absolute atomic E-state index is 0.184. The fraction of sp³-hybridized carbons (Fsp3) is 0. The number of nitrogens with zero attached hydrogens (tertiary/aromatic N) is 2. The van der Waals surface area contributed by atoms with Gasteiger partial charge in [-0.3, -0.25) is 9.78 Å². The molecule has 0 aliphatic carbocycles. The Bertz CT molecular complexity index is 1350. The SMILES string of the molecule is Nc1c(C(=O)c2ccccn2)sc2nc(-c3ccccc3)cc(-c3ccccc3)c12. The van der Waals surface area contributed by atoms with Gasteiger partial charge in [0.2, 0.25) is 5.78 Å². The van der Waals surface area contributed by atoms with Crippen molar-refractivity contribution in [2.24, 2.45) is 0 Å². The summed E-state index contributed by atoms with van der Waals surface area (Å²) >= 11 is 1.32. The van der Waals surface area contributed by atoms with Crippen LogP contribution in [0.3, 0.4) is 0 Å². The highest BCUT2D eigenvalue weighted by molar-refractivity contribution is 7.21. The number of ketones is 1. The van der Waals surface area contributed by atoms with Crippen LogP contribution >= 0.6 is 11.3 Å². The number of pyridine rings is 2. The molecule has 0 saturated carbocycles. The lowest BCUT2D eigenvalue weighted by Gasteiger charge is -2.09. The first-order valence-corrected chi connectivity index (χ1v) is 10.3. The van der Waals surface area contributed by atoms with Crippen LogP contribution in [0.4, 0.5) is 5.69 Å². The summed E-state index contributed by atoms with van der Waals surface area (Å²) in [5.41, 5.74) is 11.2. The molecule has 0 unspecified atom stereocenters. The van der Waals surface area contributed by atoms with E-state index >= 15 is 0 Å². The summed E-state index contributed by atoms with van der Waals surface area (Å²) in [5.74, 6) is -0.184. The van der Waals surface area contributed by atoms with Crippen molar-refractivity contribution >= 4 is 33.0 Å². The molecule has 0 fully saturated rings. The molecule has 0 radical (unpaired) electrons.